The lowest BCUT2D eigenvalue weighted by Crippen LogP contribution is -2.23. The molecule has 0 aromatic carbocycles. The molecule has 1 aromatic heterocycles. The second kappa shape index (κ2) is 5.35. The predicted molar refractivity (Wildman–Crippen MR) is 55.5 cm³/mol. The highest BCUT2D eigenvalue weighted by Crippen LogP contribution is 2.18. The Morgan fingerprint density at radius 1 is 1.27 bits per heavy atom. The smallest absolute Gasteiger partial charge is 0.231 e. The molecule has 15 heavy (non-hydrogen) atoms. The van der Waals surface area contributed by atoms with Gasteiger partial charge in [0.25, 0.3) is 0 Å². The van der Waals surface area contributed by atoms with E-state index in [1.54, 1.807) is 18.0 Å². The number of rotatable bonds is 5. The first kappa shape index (κ1) is 11.5. The Morgan fingerprint density at radius 3 is 2.20 bits per heavy atom. The van der Waals surface area contributed by atoms with Crippen LogP contribution in [0.3, 0.4) is 0 Å². The molecule has 0 atom stereocenters. The van der Waals surface area contributed by atoms with Crippen molar-refractivity contribution in [3.8, 4) is 11.8 Å². The first-order valence-electron chi connectivity index (χ1n) is 4.50. The maximum absolute atomic E-state index is 8.79. The van der Waals surface area contributed by atoms with Gasteiger partial charge in [0.05, 0.1) is 26.9 Å². The van der Waals surface area contributed by atoms with Crippen LogP contribution in [0.15, 0.2) is 6.07 Å². The number of aromatic nitrogens is 2. The molecule has 0 saturated heterocycles. The lowest BCUT2D eigenvalue weighted by atomic mass is 10.5. The fourth-order valence-electron chi connectivity index (χ4n) is 1.02. The van der Waals surface area contributed by atoms with Gasteiger partial charge in [0.15, 0.2) is 0 Å². The Labute approximate surface area is 88.5 Å². The van der Waals surface area contributed by atoms with E-state index >= 15 is 0 Å². The summed E-state index contributed by atoms with van der Waals surface area (Å²) in [5.41, 5.74) is 0. The van der Waals surface area contributed by atoms with Gasteiger partial charge in [-0.25, -0.2) is 0 Å². The zero-order valence-electron chi connectivity index (χ0n) is 9.10. The molecule has 1 heterocycles. The predicted octanol–water partition coefficient (Wildman–Crippen LogP) is -0.0777. The average Bonchev–Trinajstić information content (AvgIpc) is 2.28. The van der Waals surface area contributed by atoms with Crippen LogP contribution < -0.4 is 14.4 Å². The number of hydrogen-bond acceptors (Lipinski definition) is 6. The molecular formula is C9H15N3O3. The number of hydrogen-bond donors (Lipinski definition) is 1. The average molecular weight is 213 g/mol. The largest absolute Gasteiger partial charge is 0.481 e. The molecule has 6 heteroatoms. The van der Waals surface area contributed by atoms with Gasteiger partial charge in [-0.3, -0.25) is 0 Å². The van der Waals surface area contributed by atoms with E-state index in [9.17, 15) is 0 Å². The van der Waals surface area contributed by atoms with Crippen LogP contribution in [0.25, 0.3) is 0 Å². The van der Waals surface area contributed by atoms with Gasteiger partial charge in [0.2, 0.25) is 17.7 Å². The van der Waals surface area contributed by atoms with E-state index in [0.29, 0.717) is 24.3 Å². The molecule has 0 fully saturated rings. The fraction of sp³-hybridized carbons (Fsp3) is 0.556. The minimum atomic E-state index is 0.0411. The highest BCUT2D eigenvalue weighted by Gasteiger charge is 2.08. The number of methoxy groups -OCH3 is 2. The lowest BCUT2D eigenvalue weighted by Gasteiger charge is -2.16. The highest BCUT2D eigenvalue weighted by atomic mass is 16.5. The zero-order valence-corrected chi connectivity index (χ0v) is 9.10. The molecule has 0 saturated carbocycles. The number of anilines is 1. The lowest BCUT2D eigenvalue weighted by molar-refractivity contribution is 0.303. The summed E-state index contributed by atoms with van der Waals surface area (Å²) in [4.78, 5) is 9.95. The molecule has 6 nitrogen and oxygen atoms in total. The summed E-state index contributed by atoms with van der Waals surface area (Å²) in [5, 5.41) is 8.79. The van der Waals surface area contributed by atoms with Crippen LogP contribution in [0.4, 0.5) is 5.95 Å². The summed E-state index contributed by atoms with van der Waals surface area (Å²) >= 11 is 0. The van der Waals surface area contributed by atoms with Crippen molar-refractivity contribution in [3.63, 3.8) is 0 Å². The monoisotopic (exact) mass is 213 g/mol. The van der Waals surface area contributed by atoms with Gasteiger partial charge in [-0.1, -0.05) is 0 Å². The molecule has 0 radical (unpaired) electrons. The van der Waals surface area contributed by atoms with Crippen molar-refractivity contribution in [1.82, 2.24) is 9.97 Å². The summed E-state index contributed by atoms with van der Waals surface area (Å²) in [7, 11) is 4.83. The van der Waals surface area contributed by atoms with E-state index in [2.05, 4.69) is 9.97 Å². The molecule has 0 spiro atoms. The first-order chi connectivity index (χ1) is 7.21. The second-order valence-electron chi connectivity index (χ2n) is 2.90. The van der Waals surface area contributed by atoms with E-state index in [1.165, 1.54) is 14.2 Å². The first-order valence-corrected chi connectivity index (χ1v) is 4.50. The van der Waals surface area contributed by atoms with Crippen LogP contribution in [0.5, 0.6) is 11.8 Å². The third-order valence-electron chi connectivity index (χ3n) is 1.86. The van der Waals surface area contributed by atoms with Crippen molar-refractivity contribution in [2.45, 2.75) is 0 Å². The van der Waals surface area contributed by atoms with Gasteiger partial charge in [0, 0.05) is 13.6 Å². The Morgan fingerprint density at radius 2 is 1.80 bits per heavy atom. The Hall–Kier alpha value is -1.56. The van der Waals surface area contributed by atoms with E-state index in [1.807, 2.05) is 0 Å². The van der Waals surface area contributed by atoms with Gasteiger partial charge in [-0.15, -0.1) is 0 Å². The Balaban J connectivity index is 2.95. The molecular weight excluding hydrogens is 198 g/mol. The van der Waals surface area contributed by atoms with Crippen molar-refractivity contribution in [2.24, 2.45) is 0 Å². The summed E-state index contributed by atoms with van der Waals surface area (Å²) in [6.45, 7) is 0.496. The second-order valence-corrected chi connectivity index (χ2v) is 2.90. The Kier molecular flexibility index (Phi) is 4.11. The van der Waals surface area contributed by atoms with Crippen molar-refractivity contribution in [1.29, 1.82) is 0 Å². The molecule has 0 unspecified atom stereocenters. The van der Waals surface area contributed by atoms with E-state index in [4.69, 9.17) is 14.6 Å². The van der Waals surface area contributed by atoms with Crippen molar-refractivity contribution < 1.29 is 14.6 Å². The highest BCUT2D eigenvalue weighted by molar-refractivity contribution is 5.35. The third-order valence-corrected chi connectivity index (χ3v) is 1.86. The summed E-state index contributed by atoms with van der Waals surface area (Å²) < 4.78 is 10.0. The van der Waals surface area contributed by atoms with E-state index in [0.717, 1.165) is 0 Å². The summed E-state index contributed by atoms with van der Waals surface area (Å²) in [6.07, 6.45) is 0. The number of ether oxygens (including phenoxy) is 2. The van der Waals surface area contributed by atoms with Gasteiger partial charge in [-0.2, -0.15) is 9.97 Å². The zero-order chi connectivity index (χ0) is 11.3. The molecule has 0 aliphatic heterocycles. The van der Waals surface area contributed by atoms with Crippen LogP contribution in [-0.4, -0.2) is 49.5 Å². The van der Waals surface area contributed by atoms with Crippen LogP contribution in [0.1, 0.15) is 0 Å². The van der Waals surface area contributed by atoms with Crippen molar-refractivity contribution in [2.75, 3.05) is 39.3 Å². The maximum Gasteiger partial charge on any atom is 0.231 e. The number of aliphatic hydroxyl groups is 1. The van der Waals surface area contributed by atoms with Crippen molar-refractivity contribution in [3.05, 3.63) is 6.07 Å². The van der Waals surface area contributed by atoms with E-state index < -0.39 is 0 Å². The molecule has 0 bridgehead atoms. The van der Waals surface area contributed by atoms with Gasteiger partial charge in [0.1, 0.15) is 0 Å². The molecule has 1 aromatic rings. The molecule has 0 amide bonds. The molecule has 1 N–H and O–H groups in total. The summed E-state index contributed by atoms with van der Waals surface area (Å²) in [6, 6.07) is 1.59. The van der Waals surface area contributed by atoms with Crippen LogP contribution in [0.2, 0.25) is 0 Å². The quantitative estimate of drug-likeness (QED) is 0.738. The van der Waals surface area contributed by atoms with E-state index in [-0.39, 0.29) is 6.61 Å². The van der Waals surface area contributed by atoms with Crippen molar-refractivity contribution >= 4 is 5.95 Å². The normalized spacial score (nSPS) is 9.87. The fourth-order valence-corrected chi connectivity index (χ4v) is 1.02. The number of likely N-dealkylation sites (N-methyl/N-ethyl adjacent to an activating group) is 1. The van der Waals surface area contributed by atoms with Gasteiger partial charge < -0.3 is 19.5 Å². The minimum absolute atomic E-state index is 0.0411. The number of aliphatic hydroxyl groups excluding tert-OH is 1. The third kappa shape index (κ3) is 2.95. The van der Waals surface area contributed by atoms with Crippen LogP contribution in [0, 0.1) is 0 Å². The number of nitrogens with zero attached hydrogens (tertiary/aromatic N) is 3. The van der Waals surface area contributed by atoms with Crippen LogP contribution >= 0.6 is 0 Å². The molecule has 0 aliphatic rings. The molecule has 1 rings (SSSR count). The van der Waals surface area contributed by atoms with Gasteiger partial charge in [-0.05, 0) is 0 Å². The van der Waals surface area contributed by atoms with Crippen LogP contribution in [-0.2, 0) is 0 Å². The van der Waals surface area contributed by atoms with Gasteiger partial charge >= 0.3 is 0 Å². The topological polar surface area (TPSA) is 67.7 Å². The SMILES string of the molecule is COc1cc(OC)nc(N(C)CCO)n1. The molecule has 0 aliphatic carbocycles. The summed E-state index contributed by atoms with van der Waals surface area (Å²) in [5.74, 6) is 1.32. The Bertz CT molecular complexity index is 297. The standard InChI is InChI=1S/C9H15N3O3/c1-12(4-5-13)9-10-7(14-2)6-8(11-9)15-3/h6,13H,4-5H2,1-3H3. The molecule has 84 valence electrons. The maximum atomic E-state index is 8.79. The minimum Gasteiger partial charge on any atom is -0.481 e.